The van der Waals surface area contributed by atoms with Gasteiger partial charge in [0.1, 0.15) is 0 Å². The summed E-state index contributed by atoms with van der Waals surface area (Å²) in [7, 11) is 1.92. The van der Waals surface area contributed by atoms with E-state index in [2.05, 4.69) is 10.3 Å². The van der Waals surface area contributed by atoms with Crippen molar-refractivity contribution in [2.45, 2.75) is 6.42 Å². The van der Waals surface area contributed by atoms with Crippen molar-refractivity contribution in [3.8, 4) is 0 Å². The highest BCUT2D eigenvalue weighted by Gasteiger charge is 2.16. The number of hydrogen-bond acceptors (Lipinski definition) is 4. The Hall–Kier alpha value is -1.56. The average molecular weight is 238 g/mol. The van der Waals surface area contributed by atoms with Gasteiger partial charge in [0.25, 0.3) is 0 Å². The van der Waals surface area contributed by atoms with Crippen LogP contribution in [0, 0.1) is 0 Å². The molecule has 2 rings (SSSR count). The lowest BCUT2D eigenvalue weighted by Crippen LogP contribution is -2.41. The molecule has 0 bridgehead atoms. The maximum absolute atomic E-state index is 11.8. The largest absolute Gasteiger partial charge is 0.378 e. The van der Waals surface area contributed by atoms with E-state index in [4.69, 9.17) is 4.74 Å². The number of nitrogens with one attached hydrogen (secondary N) is 1. The number of morpholine rings is 1. The lowest BCUT2D eigenvalue weighted by molar-refractivity contribution is -0.134. The van der Waals surface area contributed by atoms with Crippen LogP contribution in [0.5, 0.6) is 0 Å². The Morgan fingerprint density at radius 3 is 2.94 bits per heavy atom. The van der Waals surface area contributed by atoms with E-state index in [1.807, 2.05) is 22.7 Å². The van der Waals surface area contributed by atoms with E-state index in [0.717, 1.165) is 5.95 Å². The molecule has 0 saturated carbocycles. The van der Waals surface area contributed by atoms with Gasteiger partial charge in [-0.3, -0.25) is 4.79 Å². The first-order valence-electron chi connectivity index (χ1n) is 5.84. The van der Waals surface area contributed by atoms with Crippen molar-refractivity contribution in [3.63, 3.8) is 0 Å². The number of amides is 1. The Morgan fingerprint density at radius 1 is 1.53 bits per heavy atom. The first kappa shape index (κ1) is 11.9. The van der Waals surface area contributed by atoms with Gasteiger partial charge in [-0.2, -0.15) is 0 Å². The zero-order valence-electron chi connectivity index (χ0n) is 10.1. The van der Waals surface area contributed by atoms with E-state index in [-0.39, 0.29) is 5.91 Å². The van der Waals surface area contributed by atoms with Crippen molar-refractivity contribution in [2.75, 3.05) is 38.2 Å². The monoisotopic (exact) mass is 238 g/mol. The van der Waals surface area contributed by atoms with Gasteiger partial charge in [-0.1, -0.05) is 0 Å². The molecule has 0 unspecified atom stereocenters. The second kappa shape index (κ2) is 5.67. The molecule has 1 amide bonds. The fraction of sp³-hybridized carbons (Fsp3) is 0.636. The standard InChI is InChI=1S/C11H18N4O2/c1-14-5-4-13-11(14)12-3-2-10(16)15-6-8-17-9-7-15/h4-5H,2-3,6-9H2,1H3,(H,12,13). The van der Waals surface area contributed by atoms with E-state index in [0.29, 0.717) is 39.3 Å². The molecule has 0 aromatic carbocycles. The van der Waals surface area contributed by atoms with E-state index in [9.17, 15) is 4.79 Å². The highest BCUT2D eigenvalue weighted by Crippen LogP contribution is 2.03. The van der Waals surface area contributed by atoms with Crippen molar-refractivity contribution in [3.05, 3.63) is 12.4 Å². The predicted molar refractivity (Wildman–Crippen MR) is 63.7 cm³/mol. The number of anilines is 1. The van der Waals surface area contributed by atoms with Crippen molar-refractivity contribution in [1.29, 1.82) is 0 Å². The molecule has 0 spiro atoms. The molecule has 1 aromatic rings. The second-order valence-corrected chi connectivity index (χ2v) is 4.03. The van der Waals surface area contributed by atoms with Crippen LogP contribution in [0.25, 0.3) is 0 Å². The number of carbonyl (C=O) groups is 1. The smallest absolute Gasteiger partial charge is 0.224 e. The van der Waals surface area contributed by atoms with E-state index in [1.54, 1.807) is 6.20 Å². The van der Waals surface area contributed by atoms with Crippen molar-refractivity contribution in [2.24, 2.45) is 7.05 Å². The van der Waals surface area contributed by atoms with Crippen molar-refractivity contribution >= 4 is 11.9 Å². The van der Waals surface area contributed by atoms with Crippen LogP contribution in [0.1, 0.15) is 6.42 Å². The van der Waals surface area contributed by atoms with Gasteiger partial charge in [0.2, 0.25) is 11.9 Å². The molecule has 17 heavy (non-hydrogen) atoms. The molecule has 1 aromatic heterocycles. The van der Waals surface area contributed by atoms with Crippen molar-refractivity contribution < 1.29 is 9.53 Å². The SMILES string of the molecule is Cn1ccnc1NCCC(=O)N1CCOCC1. The van der Waals surface area contributed by atoms with Gasteiger partial charge in [-0.15, -0.1) is 0 Å². The van der Waals surface area contributed by atoms with Crippen LogP contribution < -0.4 is 5.32 Å². The summed E-state index contributed by atoms with van der Waals surface area (Å²) in [5.74, 6) is 0.967. The summed E-state index contributed by atoms with van der Waals surface area (Å²) in [6, 6.07) is 0. The fourth-order valence-electron chi connectivity index (χ4n) is 1.79. The first-order chi connectivity index (χ1) is 8.27. The minimum atomic E-state index is 0.176. The second-order valence-electron chi connectivity index (χ2n) is 4.03. The highest BCUT2D eigenvalue weighted by molar-refractivity contribution is 5.76. The maximum Gasteiger partial charge on any atom is 0.224 e. The summed E-state index contributed by atoms with van der Waals surface area (Å²) in [4.78, 5) is 17.8. The molecule has 6 nitrogen and oxygen atoms in total. The van der Waals surface area contributed by atoms with Gasteiger partial charge in [-0.25, -0.2) is 4.98 Å². The molecule has 1 saturated heterocycles. The number of ether oxygens (including phenoxy) is 1. The van der Waals surface area contributed by atoms with Gasteiger partial charge in [0.05, 0.1) is 13.2 Å². The molecule has 0 radical (unpaired) electrons. The molecular formula is C11H18N4O2. The summed E-state index contributed by atoms with van der Waals surface area (Å²) in [6.07, 6.45) is 4.09. The third kappa shape index (κ3) is 3.20. The molecule has 1 aliphatic rings. The van der Waals surface area contributed by atoms with Crippen LogP contribution in [0.15, 0.2) is 12.4 Å². The number of rotatable bonds is 4. The van der Waals surface area contributed by atoms with Crippen LogP contribution in [-0.2, 0) is 16.6 Å². The average Bonchev–Trinajstić information content (AvgIpc) is 2.76. The van der Waals surface area contributed by atoms with E-state index >= 15 is 0 Å². The van der Waals surface area contributed by atoms with Crippen LogP contribution in [0.3, 0.4) is 0 Å². The number of aryl methyl sites for hydroxylation is 1. The number of hydrogen-bond donors (Lipinski definition) is 1. The Kier molecular flexibility index (Phi) is 3.98. The number of nitrogens with zero attached hydrogens (tertiary/aromatic N) is 3. The maximum atomic E-state index is 11.8. The molecule has 0 atom stereocenters. The minimum absolute atomic E-state index is 0.176. The topological polar surface area (TPSA) is 59.4 Å². The zero-order valence-corrected chi connectivity index (χ0v) is 10.1. The molecule has 1 fully saturated rings. The Labute approximate surface area is 101 Å². The summed E-state index contributed by atoms with van der Waals surface area (Å²) >= 11 is 0. The molecule has 1 N–H and O–H groups in total. The quantitative estimate of drug-likeness (QED) is 0.807. The van der Waals surface area contributed by atoms with Crippen LogP contribution in [0.2, 0.25) is 0 Å². The Morgan fingerprint density at radius 2 is 2.29 bits per heavy atom. The predicted octanol–water partition coefficient (Wildman–Crippen LogP) is 0.0809. The van der Waals surface area contributed by atoms with Gasteiger partial charge < -0.3 is 19.5 Å². The number of imidazole rings is 1. The van der Waals surface area contributed by atoms with E-state index in [1.165, 1.54) is 0 Å². The highest BCUT2D eigenvalue weighted by atomic mass is 16.5. The summed E-state index contributed by atoms with van der Waals surface area (Å²) in [5, 5.41) is 3.14. The first-order valence-corrected chi connectivity index (χ1v) is 5.84. The molecular weight excluding hydrogens is 220 g/mol. The van der Waals surface area contributed by atoms with Gasteiger partial charge >= 0.3 is 0 Å². The third-order valence-corrected chi connectivity index (χ3v) is 2.81. The van der Waals surface area contributed by atoms with Crippen LogP contribution in [0.4, 0.5) is 5.95 Å². The summed E-state index contributed by atoms with van der Waals surface area (Å²) < 4.78 is 7.09. The van der Waals surface area contributed by atoms with Gasteiger partial charge in [-0.05, 0) is 0 Å². The lowest BCUT2D eigenvalue weighted by atomic mass is 10.3. The Bertz CT molecular complexity index is 371. The summed E-state index contributed by atoms with van der Waals surface area (Å²) in [6.45, 7) is 3.33. The number of aromatic nitrogens is 2. The zero-order chi connectivity index (χ0) is 12.1. The fourth-order valence-corrected chi connectivity index (χ4v) is 1.79. The van der Waals surface area contributed by atoms with Crippen LogP contribution in [-0.4, -0.2) is 53.2 Å². The van der Waals surface area contributed by atoms with Crippen molar-refractivity contribution in [1.82, 2.24) is 14.5 Å². The van der Waals surface area contributed by atoms with Crippen LogP contribution >= 0.6 is 0 Å². The Balaban J connectivity index is 1.71. The number of carbonyl (C=O) groups excluding carboxylic acids is 1. The molecule has 6 heteroatoms. The molecule has 1 aliphatic heterocycles. The lowest BCUT2D eigenvalue weighted by Gasteiger charge is -2.26. The van der Waals surface area contributed by atoms with E-state index < -0.39 is 0 Å². The molecule has 0 aliphatic carbocycles. The molecule has 2 heterocycles. The molecule has 94 valence electrons. The minimum Gasteiger partial charge on any atom is -0.378 e. The normalized spacial score (nSPS) is 15.9. The van der Waals surface area contributed by atoms with Gasteiger partial charge in [0, 0.05) is 45.5 Å². The van der Waals surface area contributed by atoms with Gasteiger partial charge in [0.15, 0.2) is 0 Å². The summed E-state index contributed by atoms with van der Waals surface area (Å²) in [5.41, 5.74) is 0. The third-order valence-electron chi connectivity index (χ3n) is 2.81.